The molecule has 1 aliphatic rings. The van der Waals surface area contributed by atoms with E-state index in [9.17, 15) is 14.0 Å². The lowest BCUT2D eigenvalue weighted by Crippen LogP contribution is -2.32. The minimum Gasteiger partial charge on any atom is -0.339 e. The first-order chi connectivity index (χ1) is 14.1. The summed E-state index contributed by atoms with van der Waals surface area (Å²) in [5, 5.41) is 0. The first-order valence-electron chi connectivity index (χ1n) is 10.2. The number of ketones is 1. The second-order valence-electron chi connectivity index (χ2n) is 7.49. The van der Waals surface area contributed by atoms with Crippen molar-refractivity contribution in [1.29, 1.82) is 0 Å². The molecule has 1 saturated heterocycles. The lowest BCUT2D eigenvalue weighted by atomic mass is 10.0. The van der Waals surface area contributed by atoms with E-state index in [4.69, 9.17) is 0 Å². The van der Waals surface area contributed by atoms with E-state index in [2.05, 4.69) is 4.98 Å². The van der Waals surface area contributed by atoms with E-state index < -0.39 is 11.6 Å². The summed E-state index contributed by atoms with van der Waals surface area (Å²) in [7, 11) is 0. The Bertz CT molecular complexity index is 1070. The van der Waals surface area contributed by atoms with E-state index in [1.54, 1.807) is 15.4 Å². The number of fused-ring (bicyclic) bond motifs is 1. The van der Waals surface area contributed by atoms with Crippen LogP contribution in [0.5, 0.6) is 0 Å². The summed E-state index contributed by atoms with van der Waals surface area (Å²) in [5.41, 5.74) is 2.23. The molecule has 0 spiro atoms. The lowest BCUT2D eigenvalue weighted by molar-refractivity contribution is 0.0760. The van der Waals surface area contributed by atoms with Crippen molar-refractivity contribution < 1.29 is 14.0 Å². The number of halogens is 1. The number of benzene rings is 1. The van der Waals surface area contributed by atoms with Gasteiger partial charge in [-0.2, -0.15) is 0 Å². The number of aryl methyl sites for hydroxylation is 1. The van der Waals surface area contributed by atoms with Gasteiger partial charge in [-0.1, -0.05) is 25.8 Å². The second-order valence-corrected chi connectivity index (χ2v) is 7.49. The van der Waals surface area contributed by atoms with Gasteiger partial charge < -0.3 is 4.90 Å². The van der Waals surface area contributed by atoms with Crippen LogP contribution in [0.1, 0.15) is 64.6 Å². The van der Waals surface area contributed by atoms with Crippen molar-refractivity contribution in [2.24, 2.45) is 0 Å². The molecule has 1 amide bonds. The fourth-order valence-electron chi connectivity index (χ4n) is 3.83. The van der Waals surface area contributed by atoms with E-state index in [0.29, 0.717) is 24.4 Å². The zero-order valence-electron chi connectivity index (χ0n) is 16.5. The molecule has 1 aromatic carbocycles. The molecule has 0 bridgehead atoms. The Morgan fingerprint density at radius 1 is 1.07 bits per heavy atom. The largest absolute Gasteiger partial charge is 0.339 e. The van der Waals surface area contributed by atoms with Gasteiger partial charge in [-0.3, -0.25) is 14.0 Å². The van der Waals surface area contributed by atoms with Crippen molar-refractivity contribution in [2.45, 2.75) is 39.0 Å². The molecule has 1 fully saturated rings. The summed E-state index contributed by atoms with van der Waals surface area (Å²) < 4.78 is 16.5. The summed E-state index contributed by atoms with van der Waals surface area (Å²) in [4.78, 5) is 31.7. The predicted molar refractivity (Wildman–Crippen MR) is 109 cm³/mol. The topological polar surface area (TPSA) is 54.7 Å². The molecular weight excluding hydrogens is 369 g/mol. The molecule has 0 radical (unpaired) electrons. The van der Waals surface area contributed by atoms with Crippen LogP contribution in [0.2, 0.25) is 0 Å². The van der Waals surface area contributed by atoms with Crippen molar-refractivity contribution in [3.63, 3.8) is 0 Å². The highest BCUT2D eigenvalue weighted by atomic mass is 19.1. The van der Waals surface area contributed by atoms with E-state index in [0.717, 1.165) is 37.7 Å². The fraction of sp³-hybridized carbons (Fsp3) is 0.348. The third kappa shape index (κ3) is 3.79. The van der Waals surface area contributed by atoms with Gasteiger partial charge in [-0.15, -0.1) is 0 Å². The van der Waals surface area contributed by atoms with Crippen molar-refractivity contribution >= 4 is 17.3 Å². The lowest BCUT2D eigenvalue weighted by Gasteiger charge is -2.20. The number of likely N-dealkylation sites (tertiary alicyclic amines) is 1. The van der Waals surface area contributed by atoms with Crippen LogP contribution in [0.4, 0.5) is 4.39 Å². The number of pyridine rings is 1. The maximum Gasteiger partial charge on any atom is 0.253 e. The third-order valence-electron chi connectivity index (χ3n) is 5.56. The summed E-state index contributed by atoms with van der Waals surface area (Å²) in [6.45, 7) is 3.42. The number of rotatable bonds is 4. The highest BCUT2D eigenvalue weighted by Crippen LogP contribution is 2.20. The van der Waals surface area contributed by atoms with Gasteiger partial charge in [-0.25, -0.2) is 9.37 Å². The maximum absolute atomic E-state index is 14.8. The van der Waals surface area contributed by atoms with Crippen LogP contribution in [0.25, 0.3) is 5.65 Å². The predicted octanol–water partition coefficient (Wildman–Crippen LogP) is 4.28. The Morgan fingerprint density at radius 3 is 2.52 bits per heavy atom. The van der Waals surface area contributed by atoms with E-state index in [-0.39, 0.29) is 17.0 Å². The van der Waals surface area contributed by atoms with Crippen molar-refractivity contribution in [3.05, 3.63) is 70.9 Å². The number of carbonyl (C=O) groups excluding carboxylic acids is 2. The molecule has 0 aliphatic carbocycles. The van der Waals surface area contributed by atoms with E-state index in [1.807, 2.05) is 25.3 Å². The number of carbonyl (C=O) groups is 2. The van der Waals surface area contributed by atoms with Gasteiger partial charge in [0.25, 0.3) is 5.91 Å². The van der Waals surface area contributed by atoms with Gasteiger partial charge >= 0.3 is 0 Å². The quantitative estimate of drug-likeness (QED) is 0.622. The summed E-state index contributed by atoms with van der Waals surface area (Å²) in [5.74, 6) is -1.30. The highest BCUT2D eigenvalue weighted by molar-refractivity contribution is 6.09. The maximum atomic E-state index is 14.8. The monoisotopic (exact) mass is 393 g/mol. The SMILES string of the molecule is CCc1ccc2ncc(C(=O)c3ccc(C(=O)N4CCCCCC4)cc3F)n2c1. The van der Waals surface area contributed by atoms with Crippen LogP contribution in [0.3, 0.4) is 0 Å². The number of amides is 1. The summed E-state index contributed by atoms with van der Waals surface area (Å²) in [6.07, 6.45) is 8.31. The molecule has 0 saturated carbocycles. The normalized spacial score (nSPS) is 14.8. The number of hydrogen-bond donors (Lipinski definition) is 0. The average molecular weight is 393 g/mol. The summed E-state index contributed by atoms with van der Waals surface area (Å²) >= 11 is 0. The van der Waals surface area contributed by atoms with Gasteiger partial charge in [0.05, 0.1) is 11.8 Å². The van der Waals surface area contributed by atoms with Crippen LogP contribution >= 0.6 is 0 Å². The Balaban J connectivity index is 1.62. The molecule has 3 aromatic rings. The highest BCUT2D eigenvalue weighted by Gasteiger charge is 2.22. The van der Waals surface area contributed by atoms with Crippen molar-refractivity contribution in [2.75, 3.05) is 13.1 Å². The van der Waals surface area contributed by atoms with Gasteiger partial charge in [-0.05, 0) is 49.1 Å². The second kappa shape index (κ2) is 8.15. The number of aromatic nitrogens is 2. The third-order valence-corrected chi connectivity index (χ3v) is 5.56. The van der Waals surface area contributed by atoms with Gasteiger partial charge in [0.2, 0.25) is 5.78 Å². The molecule has 3 heterocycles. The molecular formula is C23H24FN3O2. The number of hydrogen-bond acceptors (Lipinski definition) is 3. The standard InChI is InChI=1S/C23H24FN3O2/c1-2-16-7-10-21-25-14-20(27(21)15-16)22(28)18-9-8-17(13-19(18)24)23(29)26-11-5-3-4-6-12-26/h7-10,13-15H,2-6,11-12H2,1H3. The molecule has 150 valence electrons. The van der Waals surface area contributed by atoms with E-state index in [1.165, 1.54) is 18.3 Å². The molecule has 0 N–H and O–H groups in total. The van der Waals surface area contributed by atoms with E-state index >= 15 is 0 Å². The van der Waals surface area contributed by atoms with Crippen LogP contribution in [0.15, 0.2) is 42.7 Å². The molecule has 6 heteroatoms. The molecule has 2 aromatic heterocycles. The number of nitrogens with zero attached hydrogens (tertiary/aromatic N) is 3. The van der Waals surface area contributed by atoms with Gasteiger partial charge in [0, 0.05) is 24.8 Å². The van der Waals surface area contributed by atoms with Gasteiger partial charge in [0.15, 0.2) is 0 Å². The summed E-state index contributed by atoms with van der Waals surface area (Å²) in [6, 6.07) is 7.94. The Morgan fingerprint density at radius 2 is 1.83 bits per heavy atom. The van der Waals surface area contributed by atoms with Crippen molar-refractivity contribution in [3.8, 4) is 0 Å². The first kappa shape index (κ1) is 19.3. The Kier molecular flexibility index (Phi) is 5.43. The minimum absolute atomic E-state index is 0.0545. The average Bonchev–Trinajstić information content (AvgIpc) is 2.97. The van der Waals surface area contributed by atoms with Crippen LogP contribution < -0.4 is 0 Å². The Hall–Kier alpha value is -3.02. The van der Waals surface area contributed by atoms with Crippen LogP contribution in [-0.2, 0) is 6.42 Å². The molecule has 29 heavy (non-hydrogen) atoms. The molecule has 1 aliphatic heterocycles. The fourth-order valence-corrected chi connectivity index (χ4v) is 3.83. The smallest absolute Gasteiger partial charge is 0.253 e. The zero-order valence-corrected chi connectivity index (χ0v) is 16.5. The van der Waals surface area contributed by atoms with Crippen LogP contribution in [0, 0.1) is 5.82 Å². The first-order valence-corrected chi connectivity index (χ1v) is 10.2. The zero-order chi connectivity index (χ0) is 20.4. The molecule has 5 nitrogen and oxygen atoms in total. The minimum atomic E-state index is -0.683. The Labute approximate surface area is 169 Å². The molecule has 4 rings (SSSR count). The number of imidazole rings is 1. The van der Waals surface area contributed by atoms with Crippen molar-refractivity contribution in [1.82, 2.24) is 14.3 Å². The molecule has 0 unspecified atom stereocenters. The molecule has 0 atom stereocenters. The van der Waals surface area contributed by atoms with Gasteiger partial charge in [0.1, 0.15) is 17.2 Å². The van der Waals surface area contributed by atoms with Crippen LogP contribution in [-0.4, -0.2) is 39.1 Å².